The van der Waals surface area contributed by atoms with Crippen LogP contribution in [-0.2, 0) is 4.74 Å². The van der Waals surface area contributed by atoms with Crippen molar-refractivity contribution >= 4 is 0 Å². The van der Waals surface area contributed by atoms with Crippen LogP contribution in [0.4, 0.5) is 0 Å². The van der Waals surface area contributed by atoms with E-state index in [2.05, 4.69) is 39.6 Å². The second-order valence-electron chi connectivity index (χ2n) is 5.29. The van der Waals surface area contributed by atoms with Gasteiger partial charge in [-0.2, -0.15) is 0 Å². The van der Waals surface area contributed by atoms with Gasteiger partial charge < -0.3 is 10.5 Å². The molecule has 3 nitrogen and oxygen atoms in total. The van der Waals surface area contributed by atoms with Gasteiger partial charge in [0.1, 0.15) is 0 Å². The Morgan fingerprint density at radius 3 is 2.19 bits per heavy atom. The second-order valence-corrected chi connectivity index (χ2v) is 5.29. The number of hydrogen-bond donors (Lipinski definition) is 1. The summed E-state index contributed by atoms with van der Waals surface area (Å²) < 4.78 is 5.37. The van der Waals surface area contributed by atoms with Crippen LogP contribution < -0.4 is 5.73 Å². The summed E-state index contributed by atoms with van der Waals surface area (Å²) in [6.45, 7) is 11.4. The molecule has 16 heavy (non-hydrogen) atoms. The van der Waals surface area contributed by atoms with Crippen molar-refractivity contribution in [3.63, 3.8) is 0 Å². The molecule has 0 aromatic rings. The normalized spacial score (nSPS) is 17.8. The lowest BCUT2D eigenvalue weighted by molar-refractivity contribution is -0.00770. The third kappa shape index (κ3) is 3.72. The molecular formula is C13H30N2O. The zero-order valence-electron chi connectivity index (χ0n) is 11.9. The van der Waals surface area contributed by atoms with E-state index in [-0.39, 0.29) is 5.54 Å². The first-order chi connectivity index (χ1) is 7.44. The second kappa shape index (κ2) is 7.25. The fourth-order valence-electron chi connectivity index (χ4n) is 2.20. The van der Waals surface area contributed by atoms with Crippen LogP contribution in [0.1, 0.15) is 34.1 Å². The van der Waals surface area contributed by atoms with Crippen molar-refractivity contribution < 1.29 is 4.74 Å². The van der Waals surface area contributed by atoms with Crippen LogP contribution in [0.15, 0.2) is 0 Å². The lowest BCUT2D eigenvalue weighted by Crippen LogP contribution is -2.59. The Hall–Kier alpha value is -0.120. The molecule has 2 unspecified atom stereocenters. The van der Waals surface area contributed by atoms with Crippen molar-refractivity contribution in [2.24, 2.45) is 17.6 Å². The minimum absolute atomic E-state index is 0.0296. The van der Waals surface area contributed by atoms with E-state index >= 15 is 0 Å². The van der Waals surface area contributed by atoms with E-state index in [1.54, 1.807) is 7.11 Å². The number of nitrogens with zero attached hydrogens (tertiary/aromatic N) is 1. The minimum Gasteiger partial charge on any atom is -0.383 e. The lowest BCUT2D eigenvalue weighted by atomic mass is 9.84. The van der Waals surface area contributed by atoms with Gasteiger partial charge in [-0.25, -0.2) is 0 Å². The quantitative estimate of drug-likeness (QED) is 0.693. The Bertz CT molecular complexity index is 185. The molecule has 0 aliphatic heterocycles. The van der Waals surface area contributed by atoms with Gasteiger partial charge in [0.05, 0.1) is 12.1 Å². The molecular weight excluding hydrogens is 200 g/mol. The Kier molecular flexibility index (Phi) is 7.20. The predicted octanol–water partition coefficient (Wildman–Crippen LogP) is 1.96. The molecule has 0 aromatic heterocycles. The van der Waals surface area contributed by atoms with Crippen molar-refractivity contribution in [3.05, 3.63) is 0 Å². The topological polar surface area (TPSA) is 38.5 Å². The predicted molar refractivity (Wildman–Crippen MR) is 70.6 cm³/mol. The zero-order chi connectivity index (χ0) is 12.8. The highest BCUT2D eigenvalue weighted by Crippen LogP contribution is 2.24. The Balaban J connectivity index is 4.72. The van der Waals surface area contributed by atoms with E-state index < -0.39 is 0 Å². The molecule has 0 aromatic carbocycles. The molecule has 0 spiro atoms. The van der Waals surface area contributed by atoms with Crippen LogP contribution in [0.2, 0.25) is 0 Å². The molecule has 0 aliphatic rings. The SMILES string of the molecule is CCC(C)CN(C)C(CN)(COC)C(C)C. The molecule has 0 radical (unpaired) electrons. The van der Waals surface area contributed by atoms with Gasteiger partial charge in [0.25, 0.3) is 0 Å². The molecule has 2 atom stereocenters. The molecule has 0 bridgehead atoms. The molecule has 98 valence electrons. The summed E-state index contributed by atoms with van der Waals surface area (Å²) in [4.78, 5) is 2.38. The van der Waals surface area contributed by atoms with Gasteiger partial charge in [-0.3, -0.25) is 4.90 Å². The molecule has 0 heterocycles. The van der Waals surface area contributed by atoms with Crippen molar-refractivity contribution in [2.45, 2.75) is 39.7 Å². The Labute approximate surface area is 101 Å². The van der Waals surface area contributed by atoms with Crippen molar-refractivity contribution in [3.8, 4) is 0 Å². The van der Waals surface area contributed by atoms with E-state index in [1.165, 1.54) is 6.42 Å². The molecule has 0 aliphatic carbocycles. The summed E-state index contributed by atoms with van der Waals surface area (Å²) in [6.07, 6.45) is 1.20. The van der Waals surface area contributed by atoms with Gasteiger partial charge in [-0.1, -0.05) is 34.1 Å². The largest absolute Gasteiger partial charge is 0.383 e. The van der Waals surface area contributed by atoms with E-state index in [4.69, 9.17) is 10.5 Å². The minimum atomic E-state index is -0.0296. The summed E-state index contributed by atoms with van der Waals surface area (Å²) in [5.41, 5.74) is 5.96. The maximum absolute atomic E-state index is 5.99. The maximum atomic E-state index is 5.99. The summed E-state index contributed by atoms with van der Waals surface area (Å²) in [7, 11) is 3.92. The van der Waals surface area contributed by atoms with Crippen LogP contribution >= 0.6 is 0 Å². The van der Waals surface area contributed by atoms with E-state index in [0.717, 1.165) is 6.54 Å². The van der Waals surface area contributed by atoms with Gasteiger partial charge in [-0.15, -0.1) is 0 Å². The maximum Gasteiger partial charge on any atom is 0.0661 e. The monoisotopic (exact) mass is 230 g/mol. The summed E-state index contributed by atoms with van der Waals surface area (Å²) in [6, 6.07) is 0. The van der Waals surface area contributed by atoms with Gasteiger partial charge in [0.2, 0.25) is 0 Å². The van der Waals surface area contributed by atoms with E-state index in [0.29, 0.717) is 25.0 Å². The number of rotatable bonds is 8. The molecule has 0 saturated carbocycles. The molecule has 0 fully saturated rings. The Morgan fingerprint density at radius 2 is 1.88 bits per heavy atom. The summed E-state index contributed by atoms with van der Waals surface area (Å²) in [5, 5.41) is 0. The standard InChI is InChI=1S/C13H30N2O/c1-7-12(4)8-15(5)13(9-14,10-16-6)11(2)3/h11-12H,7-10,14H2,1-6H3. The van der Waals surface area contributed by atoms with Crippen molar-refractivity contribution in [1.82, 2.24) is 4.90 Å². The van der Waals surface area contributed by atoms with Crippen LogP contribution in [0.5, 0.6) is 0 Å². The fraction of sp³-hybridized carbons (Fsp3) is 1.00. The molecule has 0 amide bonds. The number of hydrogen-bond acceptors (Lipinski definition) is 3. The number of likely N-dealkylation sites (N-methyl/N-ethyl adjacent to an activating group) is 1. The fourth-order valence-corrected chi connectivity index (χ4v) is 2.20. The van der Waals surface area contributed by atoms with Crippen molar-refractivity contribution in [1.29, 1.82) is 0 Å². The van der Waals surface area contributed by atoms with E-state index in [9.17, 15) is 0 Å². The summed E-state index contributed by atoms with van der Waals surface area (Å²) >= 11 is 0. The van der Waals surface area contributed by atoms with Crippen LogP contribution in [0.25, 0.3) is 0 Å². The van der Waals surface area contributed by atoms with E-state index in [1.807, 2.05) is 0 Å². The third-order valence-corrected chi connectivity index (χ3v) is 3.87. The lowest BCUT2D eigenvalue weighted by Gasteiger charge is -2.45. The highest BCUT2D eigenvalue weighted by atomic mass is 16.5. The number of ether oxygens (including phenoxy) is 1. The van der Waals surface area contributed by atoms with Gasteiger partial charge >= 0.3 is 0 Å². The smallest absolute Gasteiger partial charge is 0.0661 e. The third-order valence-electron chi connectivity index (χ3n) is 3.87. The van der Waals surface area contributed by atoms with Gasteiger partial charge in [0.15, 0.2) is 0 Å². The zero-order valence-corrected chi connectivity index (χ0v) is 11.9. The van der Waals surface area contributed by atoms with Gasteiger partial charge in [-0.05, 0) is 18.9 Å². The molecule has 2 N–H and O–H groups in total. The number of nitrogens with two attached hydrogens (primary N) is 1. The first-order valence-corrected chi connectivity index (χ1v) is 6.34. The highest BCUT2D eigenvalue weighted by molar-refractivity contribution is 4.93. The highest BCUT2D eigenvalue weighted by Gasteiger charge is 2.36. The van der Waals surface area contributed by atoms with Gasteiger partial charge in [0, 0.05) is 20.2 Å². The molecule has 0 saturated heterocycles. The first kappa shape index (κ1) is 15.9. The van der Waals surface area contributed by atoms with Crippen LogP contribution in [0.3, 0.4) is 0 Å². The van der Waals surface area contributed by atoms with Crippen LogP contribution in [0, 0.1) is 11.8 Å². The average Bonchev–Trinajstić information content (AvgIpc) is 2.24. The Morgan fingerprint density at radius 1 is 1.31 bits per heavy atom. The molecule has 3 heteroatoms. The number of methoxy groups -OCH3 is 1. The molecule has 0 rings (SSSR count). The first-order valence-electron chi connectivity index (χ1n) is 6.34. The van der Waals surface area contributed by atoms with Crippen LogP contribution in [-0.4, -0.2) is 44.3 Å². The average molecular weight is 230 g/mol. The van der Waals surface area contributed by atoms with Crippen molar-refractivity contribution in [2.75, 3.05) is 33.9 Å². The summed E-state index contributed by atoms with van der Waals surface area (Å²) in [5.74, 6) is 1.19.